The van der Waals surface area contributed by atoms with Crippen LogP contribution in [0.2, 0.25) is 0 Å². The van der Waals surface area contributed by atoms with Crippen LogP contribution in [-0.4, -0.2) is 40.4 Å². The Morgan fingerprint density at radius 3 is 2.44 bits per heavy atom. The summed E-state index contributed by atoms with van der Waals surface area (Å²) >= 11 is 0. The summed E-state index contributed by atoms with van der Waals surface area (Å²) in [5.74, 6) is 0.0408. The van der Waals surface area contributed by atoms with Crippen molar-refractivity contribution in [1.82, 2.24) is 4.90 Å². The molecule has 18 heavy (non-hydrogen) atoms. The molecule has 2 N–H and O–H groups in total. The fourth-order valence-electron chi connectivity index (χ4n) is 1.39. The summed E-state index contributed by atoms with van der Waals surface area (Å²) in [6.45, 7) is 0. The van der Waals surface area contributed by atoms with E-state index >= 15 is 0 Å². The number of nitrogens with two attached hydrogens (primary N) is 1. The molecule has 0 aliphatic heterocycles. The van der Waals surface area contributed by atoms with Gasteiger partial charge in [-0.25, -0.2) is 13.6 Å². The van der Waals surface area contributed by atoms with E-state index in [-0.39, 0.29) is 23.0 Å². The number of ether oxygens (including phenoxy) is 1. The van der Waals surface area contributed by atoms with Gasteiger partial charge in [0.15, 0.2) is 0 Å². The third kappa shape index (κ3) is 3.44. The summed E-state index contributed by atoms with van der Waals surface area (Å²) in [5.41, 5.74) is 0.568. The quantitative estimate of drug-likeness (QED) is 0.833. The molecule has 0 aliphatic rings. The standard InChI is InChI=1S/C11H16N2O4S/c1-13(2)11(14)7-8-4-5-9(17-3)10(6-8)18(12,15)16/h4-6H,7H2,1-3H3,(H2,12,15,16). The lowest BCUT2D eigenvalue weighted by atomic mass is 10.1. The molecule has 1 aromatic rings. The molecular weight excluding hydrogens is 256 g/mol. The lowest BCUT2D eigenvalue weighted by Crippen LogP contribution is -2.23. The summed E-state index contributed by atoms with van der Waals surface area (Å²) in [7, 11) is 0.745. The fraction of sp³-hybridized carbons (Fsp3) is 0.364. The largest absolute Gasteiger partial charge is 0.495 e. The highest BCUT2D eigenvalue weighted by Crippen LogP contribution is 2.24. The van der Waals surface area contributed by atoms with Crippen LogP contribution in [-0.2, 0) is 21.2 Å². The number of amides is 1. The van der Waals surface area contributed by atoms with Crippen LogP contribution in [0.25, 0.3) is 0 Å². The van der Waals surface area contributed by atoms with E-state index in [1.54, 1.807) is 20.2 Å². The molecule has 0 unspecified atom stereocenters. The van der Waals surface area contributed by atoms with Gasteiger partial charge in [-0.2, -0.15) is 0 Å². The molecule has 0 saturated heterocycles. The SMILES string of the molecule is COc1ccc(CC(=O)N(C)C)cc1S(N)(=O)=O. The van der Waals surface area contributed by atoms with E-state index in [1.165, 1.54) is 24.1 Å². The Morgan fingerprint density at radius 2 is 2.00 bits per heavy atom. The van der Waals surface area contributed by atoms with Crippen molar-refractivity contribution in [3.63, 3.8) is 0 Å². The summed E-state index contributed by atoms with van der Waals surface area (Å²) in [6, 6.07) is 4.47. The number of hydrogen-bond donors (Lipinski definition) is 1. The van der Waals surface area contributed by atoms with Crippen molar-refractivity contribution < 1.29 is 17.9 Å². The van der Waals surface area contributed by atoms with Gasteiger partial charge in [0.2, 0.25) is 15.9 Å². The summed E-state index contributed by atoms with van der Waals surface area (Å²) in [6.07, 6.45) is 0.111. The average Bonchev–Trinajstić information content (AvgIpc) is 2.27. The van der Waals surface area contributed by atoms with Crippen LogP contribution in [0.3, 0.4) is 0 Å². The first-order chi connectivity index (χ1) is 8.25. The van der Waals surface area contributed by atoms with Gasteiger partial charge in [-0.05, 0) is 17.7 Å². The molecule has 0 spiro atoms. The van der Waals surface area contributed by atoms with Crippen molar-refractivity contribution in [3.8, 4) is 5.75 Å². The number of sulfonamides is 1. The van der Waals surface area contributed by atoms with E-state index in [0.717, 1.165) is 0 Å². The van der Waals surface area contributed by atoms with Gasteiger partial charge < -0.3 is 9.64 Å². The highest BCUT2D eigenvalue weighted by Gasteiger charge is 2.16. The molecule has 0 aliphatic carbocycles. The van der Waals surface area contributed by atoms with Crippen molar-refractivity contribution >= 4 is 15.9 Å². The number of nitrogens with zero attached hydrogens (tertiary/aromatic N) is 1. The zero-order valence-electron chi connectivity index (χ0n) is 10.5. The predicted octanol–water partition coefficient (Wildman–Crippen LogP) is -0.0267. The first-order valence-corrected chi connectivity index (χ1v) is 6.70. The van der Waals surface area contributed by atoms with E-state index in [2.05, 4.69) is 0 Å². The molecule has 6 nitrogen and oxygen atoms in total. The Kier molecular flexibility index (Phi) is 4.31. The number of rotatable bonds is 4. The average molecular weight is 272 g/mol. The van der Waals surface area contributed by atoms with Crippen LogP contribution in [0.4, 0.5) is 0 Å². The van der Waals surface area contributed by atoms with E-state index < -0.39 is 10.0 Å². The predicted molar refractivity (Wildman–Crippen MR) is 66.8 cm³/mol. The Balaban J connectivity index is 3.16. The molecule has 0 atom stereocenters. The van der Waals surface area contributed by atoms with Crippen LogP contribution >= 0.6 is 0 Å². The smallest absolute Gasteiger partial charge is 0.241 e. The second-order valence-electron chi connectivity index (χ2n) is 4.00. The minimum Gasteiger partial charge on any atom is -0.495 e. The topological polar surface area (TPSA) is 89.7 Å². The maximum absolute atomic E-state index is 11.5. The third-order valence-electron chi connectivity index (χ3n) is 2.39. The van der Waals surface area contributed by atoms with E-state index in [1.807, 2.05) is 0 Å². The number of benzene rings is 1. The lowest BCUT2D eigenvalue weighted by Gasteiger charge is -2.12. The minimum absolute atomic E-state index is 0.111. The molecule has 0 bridgehead atoms. The van der Waals surface area contributed by atoms with Crippen LogP contribution in [0.1, 0.15) is 5.56 Å². The summed E-state index contributed by atoms with van der Waals surface area (Å²) in [4.78, 5) is 12.9. The molecule has 1 amide bonds. The number of carbonyl (C=O) groups excluding carboxylic acids is 1. The van der Waals surface area contributed by atoms with Gasteiger partial charge >= 0.3 is 0 Å². The van der Waals surface area contributed by atoms with Gasteiger partial charge in [-0.1, -0.05) is 6.07 Å². The maximum Gasteiger partial charge on any atom is 0.241 e. The minimum atomic E-state index is -3.87. The second-order valence-corrected chi connectivity index (χ2v) is 5.53. The first-order valence-electron chi connectivity index (χ1n) is 5.15. The number of carbonyl (C=O) groups is 1. The Bertz CT molecular complexity index is 552. The molecule has 0 radical (unpaired) electrons. The highest BCUT2D eigenvalue weighted by molar-refractivity contribution is 7.89. The number of likely N-dealkylation sites (N-methyl/N-ethyl adjacent to an activating group) is 1. The lowest BCUT2D eigenvalue weighted by molar-refractivity contribution is -0.127. The molecule has 1 aromatic carbocycles. The van der Waals surface area contributed by atoms with Crippen molar-refractivity contribution in [2.45, 2.75) is 11.3 Å². The van der Waals surface area contributed by atoms with E-state index in [9.17, 15) is 13.2 Å². The maximum atomic E-state index is 11.5. The molecule has 7 heteroatoms. The molecule has 0 fully saturated rings. The Morgan fingerprint density at radius 1 is 1.39 bits per heavy atom. The monoisotopic (exact) mass is 272 g/mol. The summed E-state index contributed by atoms with van der Waals surface area (Å²) in [5, 5.41) is 5.09. The summed E-state index contributed by atoms with van der Waals surface area (Å²) < 4.78 is 27.7. The Hall–Kier alpha value is -1.60. The molecular formula is C11H16N2O4S. The van der Waals surface area contributed by atoms with Crippen molar-refractivity contribution in [2.75, 3.05) is 21.2 Å². The zero-order chi connectivity index (χ0) is 13.9. The van der Waals surface area contributed by atoms with Crippen molar-refractivity contribution in [3.05, 3.63) is 23.8 Å². The van der Waals surface area contributed by atoms with Gasteiger partial charge in [-0.3, -0.25) is 4.79 Å². The van der Waals surface area contributed by atoms with Crippen LogP contribution < -0.4 is 9.88 Å². The van der Waals surface area contributed by atoms with Gasteiger partial charge in [0.25, 0.3) is 0 Å². The molecule has 1 rings (SSSR count). The number of methoxy groups -OCH3 is 1. The van der Waals surface area contributed by atoms with E-state index in [0.29, 0.717) is 5.56 Å². The molecule has 100 valence electrons. The van der Waals surface area contributed by atoms with Crippen molar-refractivity contribution in [2.24, 2.45) is 5.14 Å². The van der Waals surface area contributed by atoms with Crippen LogP contribution in [0.5, 0.6) is 5.75 Å². The second kappa shape index (κ2) is 5.36. The molecule has 0 heterocycles. The van der Waals surface area contributed by atoms with E-state index in [4.69, 9.17) is 9.88 Å². The van der Waals surface area contributed by atoms with Gasteiger partial charge in [0.05, 0.1) is 13.5 Å². The number of hydrogen-bond acceptors (Lipinski definition) is 4. The zero-order valence-corrected chi connectivity index (χ0v) is 11.3. The normalized spacial score (nSPS) is 11.1. The van der Waals surface area contributed by atoms with Gasteiger partial charge in [-0.15, -0.1) is 0 Å². The fourth-order valence-corrected chi connectivity index (χ4v) is 2.13. The first kappa shape index (κ1) is 14.5. The Labute approximate surface area is 106 Å². The molecule has 0 aromatic heterocycles. The highest BCUT2D eigenvalue weighted by atomic mass is 32.2. The third-order valence-corrected chi connectivity index (χ3v) is 3.32. The van der Waals surface area contributed by atoms with Gasteiger partial charge in [0, 0.05) is 14.1 Å². The number of primary sulfonamides is 1. The van der Waals surface area contributed by atoms with Crippen molar-refractivity contribution in [1.29, 1.82) is 0 Å². The van der Waals surface area contributed by atoms with Gasteiger partial charge in [0.1, 0.15) is 10.6 Å². The van der Waals surface area contributed by atoms with Crippen LogP contribution in [0.15, 0.2) is 23.1 Å². The van der Waals surface area contributed by atoms with Crippen LogP contribution in [0, 0.1) is 0 Å². The molecule has 0 saturated carbocycles.